The second-order valence-corrected chi connectivity index (χ2v) is 3.18. The monoisotopic (exact) mass is 175 g/mol. The summed E-state index contributed by atoms with van der Waals surface area (Å²) >= 11 is 0. The van der Waals surface area contributed by atoms with Gasteiger partial charge in [0.1, 0.15) is 12.2 Å². The van der Waals surface area contributed by atoms with Crippen LogP contribution in [0.25, 0.3) is 0 Å². The van der Waals surface area contributed by atoms with Crippen LogP contribution in [0, 0.1) is 0 Å². The molecule has 70 valence electrons. The fourth-order valence-electron chi connectivity index (χ4n) is 1.64. The Kier molecular flexibility index (Phi) is 3.03. The number of nitrogens with zero attached hydrogens (tertiary/aromatic N) is 1. The lowest BCUT2D eigenvalue weighted by atomic mass is 10.2. The van der Waals surface area contributed by atoms with Gasteiger partial charge in [0.15, 0.2) is 0 Å². The predicted octanol–water partition coefficient (Wildman–Crippen LogP) is 0.893. The van der Waals surface area contributed by atoms with Crippen molar-refractivity contribution in [2.45, 2.75) is 32.0 Å². The Bertz CT molecular complexity index is 174. The Balaban J connectivity index is 2.53. The molecule has 1 fully saturated rings. The van der Waals surface area contributed by atoms with Crippen molar-refractivity contribution in [3.63, 3.8) is 0 Å². The van der Waals surface area contributed by atoms with Crippen molar-refractivity contribution in [1.29, 1.82) is 0 Å². The number of hydrogen-bond donors (Lipinski definition) is 1. The first-order chi connectivity index (χ1) is 5.65. The summed E-state index contributed by atoms with van der Waals surface area (Å²) in [6.07, 6.45) is 0.0592. The number of halogens is 1. The number of carboxylic acid groups (broad SMARTS) is 1. The molecule has 0 unspecified atom stereocenters. The van der Waals surface area contributed by atoms with E-state index in [4.69, 9.17) is 5.11 Å². The molecular weight excluding hydrogens is 161 g/mol. The van der Waals surface area contributed by atoms with Gasteiger partial charge in [0, 0.05) is 13.0 Å². The van der Waals surface area contributed by atoms with E-state index in [1.807, 2.05) is 6.92 Å². The second-order valence-electron chi connectivity index (χ2n) is 3.18. The van der Waals surface area contributed by atoms with E-state index in [0.717, 1.165) is 6.42 Å². The predicted molar refractivity (Wildman–Crippen MR) is 42.8 cm³/mol. The molecule has 1 saturated heterocycles. The first-order valence-corrected chi connectivity index (χ1v) is 4.26. The van der Waals surface area contributed by atoms with Crippen LogP contribution in [0.3, 0.4) is 0 Å². The van der Waals surface area contributed by atoms with Crippen molar-refractivity contribution in [3.8, 4) is 0 Å². The summed E-state index contributed by atoms with van der Waals surface area (Å²) in [5, 5.41) is 8.72. The largest absolute Gasteiger partial charge is 0.480 e. The molecule has 0 saturated carbocycles. The molecule has 4 heteroatoms. The van der Waals surface area contributed by atoms with Crippen LogP contribution in [0.1, 0.15) is 19.8 Å². The fraction of sp³-hybridized carbons (Fsp3) is 0.875. The van der Waals surface area contributed by atoms with Gasteiger partial charge in [-0.05, 0) is 13.0 Å². The third-order valence-corrected chi connectivity index (χ3v) is 2.15. The number of aliphatic carboxylic acids is 1. The normalized spacial score (nSPS) is 30.8. The van der Waals surface area contributed by atoms with E-state index in [-0.39, 0.29) is 13.0 Å². The minimum atomic E-state index is -0.961. The Hall–Kier alpha value is -0.640. The van der Waals surface area contributed by atoms with Gasteiger partial charge in [0.25, 0.3) is 0 Å². The molecule has 0 spiro atoms. The van der Waals surface area contributed by atoms with Crippen molar-refractivity contribution < 1.29 is 14.3 Å². The topological polar surface area (TPSA) is 40.5 Å². The standard InChI is InChI=1S/C8H14FNO2/c1-2-3-10-5-6(9)4-7(10)8(11)12/h6-7H,2-5H2,1H3,(H,11,12)/t6-,7+/m1/s1. The first kappa shape index (κ1) is 9.45. The van der Waals surface area contributed by atoms with Gasteiger partial charge in [-0.15, -0.1) is 0 Å². The lowest BCUT2D eigenvalue weighted by Gasteiger charge is -2.18. The number of rotatable bonds is 3. The average molecular weight is 175 g/mol. The fourth-order valence-corrected chi connectivity index (χ4v) is 1.64. The number of likely N-dealkylation sites (tertiary alicyclic amines) is 1. The highest BCUT2D eigenvalue weighted by Gasteiger charge is 2.35. The van der Waals surface area contributed by atoms with E-state index in [1.165, 1.54) is 0 Å². The maximum atomic E-state index is 12.8. The van der Waals surface area contributed by atoms with Gasteiger partial charge < -0.3 is 5.11 Å². The van der Waals surface area contributed by atoms with Crippen LogP contribution in [0.2, 0.25) is 0 Å². The first-order valence-electron chi connectivity index (χ1n) is 4.26. The molecule has 0 aromatic rings. The minimum Gasteiger partial charge on any atom is -0.480 e. The van der Waals surface area contributed by atoms with E-state index in [2.05, 4.69) is 0 Å². The smallest absolute Gasteiger partial charge is 0.321 e. The van der Waals surface area contributed by atoms with Crippen LogP contribution in [0.4, 0.5) is 4.39 Å². The van der Waals surface area contributed by atoms with Crippen molar-refractivity contribution in [2.75, 3.05) is 13.1 Å². The van der Waals surface area contributed by atoms with Crippen LogP contribution >= 0.6 is 0 Å². The zero-order valence-electron chi connectivity index (χ0n) is 7.16. The van der Waals surface area contributed by atoms with Crippen molar-refractivity contribution in [3.05, 3.63) is 0 Å². The summed E-state index contributed by atoms with van der Waals surface area (Å²) in [5.74, 6) is -0.899. The van der Waals surface area contributed by atoms with Crippen LogP contribution in [-0.4, -0.2) is 41.3 Å². The number of carbonyl (C=O) groups is 1. The summed E-state index contributed by atoms with van der Waals surface area (Å²) in [7, 11) is 0. The number of alkyl halides is 1. The molecule has 1 N–H and O–H groups in total. The highest BCUT2D eigenvalue weighted by Crippen LogP contribution is 2.20. The summed E-state index contributed by atoms with van der Waals surface area (Å²) in [6.45, 7) is 2.92. The molecule has 2 atom stereocenters. The molecule has 0 aromatic carbocycles. The van der Waals surface area contributed by atoms with Gasteiger partial charge in [-0.1, -0.05) is 6.92 Å². The average Bonchev–Trinajstić information content (AvgIpc) is 2.32. The lowest BCUT2D eigenvalue weighted by molar-refractivity contribution is -0.142. The molecule has 0 amide bonds. The summed E-state index contributed by atoms with van der Waals surface area (Å²) in [6, 6.07) is -0.597. The molecule has 0 aromatic heterocycles. The maximum Gasteiger partial charge on any atom is 0.321 e. The molecule has 1 aliphatic rings. The molecule has 3 nitrogen and oxygen atoms in total. The Morgan fingerprint density at radius 1 is 1.75 bits per heavy atom. The Labute approximate surface area is 71.2 Å². The third-order valence-electron chi connectivity index (χ3n) is 2.15. The second kappa shape index (κ2) is 3.85. The van der Waals surface area contributed by atoms with E-state index >= 15 is 0 Å². The van der Waals surface area contributed by atoms with E-state index in [9.17, 15) is 9.18 Å². The van der Waals surface area contributed by atoms with Crippen LogP contribution in [0.5, 0.6) is 0 Å². The summed E-state index contributed by atoms with van der Waals surface area (Å²) in [5.41, 5.74) is 0. The number of carboxylic acids is 1. The maximum absolute atomic E-state index is 12.8. The molecule has 1 aliphatic heterocycles. The van der Waals surface area contributed by atoms with Gasteiger partial charge in [-0.25, -0.2) is 4.39 Å². The Morgan fingerprint density at radius 3 is 2.92 bits per heavy atom. The summed E-state index contributed by atoms with van der Waals surface area (Å²) in [4.78, 5) is 12.3. The van der Waals surface area contributed by atoms with Crippen LogP contribution < -0.4 is 0 Å². The molecule has 1 heterocycles. The van der Waals surface area contributed by atoms with Crippen molar-refractivity contribution in [2.24, 2.45) is 0 Å². The van der Waals surface area contributed by atoms with Gasteiger partial charge in [-0.2, -0.15) is 0 Å². The van der Waals surface area contributed by atoms with Gasteiger partial charge in [-0.3, -0.25) is 9.69 Å². The minimum absolute atomic E-state index is 0.148. The quantitative estimate of drug-likeness (QED) is 0.692. The van der Waals surface area contributed by atoms with Crippen LogP contribution in [0.15, 0.2) is 0 Å². The highest BCUT2D eigenvalue weighted by molar-refractivity contribution is 5.74. The molecular formula is C8H14FNO2. The van der Waals surface area contributed by atoms with Crippen molar-refractivity contribution in [1.82, 2.24) is 4.90 Å². The molecule has 1 rings (SSSR count). The SMILES string of the molecule is CCCN1C[C@H](F)C[C@H]1C(=O)O. The van der Waals surface area contributed by atoms with Crippen LogP contribution in [-0.2, 0) is 4.79 Å². The van der Waals surface area contributed by atoms with Gasteiger partial charge >= 0.3 is 5.97 Å². The van der Waals surface area contributed by atoms with Crippen molar-refractivity contribution >= 4 is 5.97 Å². The van der Waals surface area contributed by atoms with Gasteiger partial charge in [0.05, 0.1) is 0 Å². The third kappa shape index (κ3) is 1.94. The molecule has 0 bridgehead atoms. The van der Waals surface area contributed by atoms with E-state index in [0.29, 0.717) is 6.54 Å². The molecule has 12 heavy (non-hydrogen) atoms. The van der Waals surface area contributed by atoms with E-state index < -0.39 is 18.2 Å². The number of hydrogen-bond acceptors (Lipinski definition) is 2. The highest BCUT2D eigenvalue weighted by atomic mass is 19.1. The van der Waals surface area contributed by atoms with Gasteiger partial charge in [0.2, 0.25) is 0 Å². The Morgan fingerprint density at radius 2 is 2.42 bits per heavy atom. The zero-order valence-corrected chi connectivity index (χ0v) is 7.16. The molecule has 0 radical (unpaired) electrons. The zero-order chi connectivity index (χ0) is 9.14. The summed E-state index contributed by atoms with van der Waals surface area (Å²) < 4.78 is 12.8. The lowest BCUT2D eigenvalue weighted by Crippen LogP contribution is -2.36. The molecule has 0 aliphatic carbocycles. The van der Waals surface area contributed by atoms with E-state index in [1.54, 1.807) is 4.90 Å².